The number of ether oxygens (including phenoxy) is 1. The number of carbonyl (C=O) groups excluding carboxylic acids is 1. The molecule has 2 aromatic carbocycles. The molecular formula is C25H34N2O2. The van der Waals surface area contributed by atoms with Gasteiger partial charge in [-0.15, -0.1) is 0 Å². The number of piperidine rings is 1. The van der Waals surface area contributed by atoms with Crippen LogP contribution in [0, 0.1) is 6.92 Å². The van der Waals surface area contributed by atoms with Crippen molar-refractivity contribution in [2.24, 2.45) is 0 Å². The van der Waals surface area contributed by atoms with Crippen LogP contribution in [0.1, 0.15) is 49.7 Å². The van der Waals surface area contributed by atoms with Crippen LogP contribution in [0.3, 0.4) is 0 Å². The number of hydrogen-bond acceptors (Lipinski definition) is 3. The Morgan fingerprint density at radius 3 is 2.52 bits per heavy atom. The minimum absolute atomic E-state index is 0.195. The number of amides is 1. The zero-order valence-electron chi connectivity index (χ0n) is 17.9. The predicted molar refractivity (Wildman–Crippen MR) is 120 cm³/mol. The van der Waals surface area contributed by atoms with E-state index >= 15 is 0 Å². The molecule has 1 fully saturated rings. The van der Waals surface area contributed by atoms with Gasteiger partial charge in [-0.05, 0) is 74.4 Å². The SMILES string of the molecule is Cc1cccc(OCCCCC(=O)N(C)Cc2ccc(N3CCCCC3)cc2)c1. The number of unbranched alkanes of at least 4 members (excludes halogenated alkanes) is 1. The molecule has 2 aromatic rings. The van der Waals surface area contributed by atoms with Crippen molar-refractivity contribution in [3.8, 4) is 5.75 Å². The minimum atomic E-state index is 0.195. The van der Waals surface area contributed by atoms with E-state index in [4.69, 9.17) is 4.74 Å². The van der Waals surface area contributed by atoms with Crippen LogP contribution in [0.5, 0.6) is 5.75 Å². The van der Waals surface area contributed by atoms with Gasteiger partial charge < -0.3 is 14.5 Å². The van der Waals surface area contributed by atoms with Crippen LogP contribution in [-0.4, -0.2) is 37.6 Å². The summed E-state index contributed by atoms with van der Waals surface area (Å²) in [5, 5.41) is 0. The zero-order valence-corrected chi connectivity index (χ0v) is 17.9. The summed E-state index contributed by atoms with van der Waals surface area (Å²) in [6, 6.07) is 16.8. The Morgan fingerprint density at radius 1 is 1.03 bits per heavy atom. The number of hydrogen-bond donors (Lipinski definition) is 0. The third kappa shape index (κ3) is 6.81. The normalized spacial score (nSPS) is 13.9. The molecule has 0 unspecified atom stereocenters. The topological polar surface area (TPSA) is 32.8 Å². The van der Waals surface area contributed by atoms with Crippen molar-refractivity contribution in [3.63, 3.8) is 0 Å². The van der Waals surface area contributed by atoms with Crippen molar-refractivity contribution in [2.45, 2.75) is 52.0 Å². The first-order valence-corrected chi connectivity index (χ1v) is 10.9. The van der Waals surface area contributed by atoms with E-state index in [1.165, 1.54) is 36.1 Å². The molecule has 0 atom stereocenters. The van der Waals surface area contributed by atoms with Gasteiger partial charge >= 0.3 is 0 Å². The summed E-state index contributed by atoms with van der Waals surface area (Å²) < 4.78 is 5.76. The number of carbonyl (C=O) groups is 1. The molecule has 3 rings (SSSR count). The van der Waals surface area contributed by atoms with Gasteiger partial charge in [-0.25, -0.2) is 0 Å². The highest BCUT2D eigenvalue weighted by molar-refractivity contribution is 5.75. The zero-order chi connectivity index (χ0) is 20.5. The Labute approximate surface area is 175 Å². The van der Waals surface area contributed by atoms with Crippen LogP contribution in [0.2, 0.25) is 0 Å². The summed E-state index contributed by atoms with van der Waals surface area (Å²) in [6.45, 7) is 5.69. The van der Waals surface area contributed by atoms with Crippen molar-refractivity contribution in [1.29, 1.82) is 0 Å². The Kier molecular flexibility index (Phi) is 7.97. The fourth-order valence-electron chi connectivity index (χ4n) is 3.79. The van der Waals surface area contributed by atoms with Gasteiger partial charge in [-0.2, -0.15) is 0 Å². The van der Waals surface area contributed by atoms with Gasteiger partial charge in [0.2, 0.25) is 5.91 Å². The molecule has 0 radical (unpaired) electrons. The van der Waals surface area contributed by atoms with Crippen LogP contribution >= 0.6 is 0 Å². The Hall–Kier alpha value is -2.49. The first-order valence-electron chi connectivity index (χ1n) is 10.9. The molecule has 0 N–H and O–H groups in total. The van der Waals surface area contributed by atoms with Gasteiger partial charge in [0, 0.05) is 38.8 Å². The lowest BCUT2D eigenvalue weighted by Crippen LogP contribution is -2.29. The summed E-state index contributed by atoms with van der Waals surface area (Å²) in [5.74, 6) is 1.10. The highest BCUT2D eigenvalue weighted by atomic mass is 16.5. The highest BCUT2D eigenvalue weighted by Gasteiger charge is 2.12. The van der Waals surface area contributed by atoms with Gasteiger partial charge in [-0.1, -0.05) is 24.3 Å². The van der Waals surface area contributed by atoms with Crippen LogP contribution in [0.25, 0.3) is 0 Å². The first-order chi connectivity index (χ1) is 14.1. The molecule has 1 heterocycles. The molecule has 0 bridgehead atoms. The van der Waals surface area contributed by atoms with Crippen LogP contribution in [-0.2, 0) is 11.3 Å². The van der Waals surface area contributed by atoms with Gasteiger partial charge in [0.1, 0.15) is 5.75 Å². The van der Waals surface area contributed by atoms with E-state index in [0.717, 1.165) is 31.7 Å². The summed E-state index contributed by atoms with van der Waals surface area (Å²) >= 11 is 0. The third-order valence-corrected chi connectivity index (χ3v) is 5.55. The molecule has 4 nitrogen and oxygen atoms in total. The molecule has 4 heteroatoms. The van der Waals surface area contributed by atoms with Crippen LogP contribution in [0.15, 0.2) is 48.5 Å². The van der Waals surface area contributed by atoms with Crippen molar-refractivity contribution in [2.75, 3.05) is 31.6 Å². The second-order valence-corrected chi connectivity index (χ2v) is 8.09. The number of aryl methyl sites for hydroxylation is 1. The Bertz CT molecular complexity index is 767. The number of anilines is 1. The van der Waals surface area contributed by atoms with Gasteiger partial charge in [0.25, 0.3) is 0 Å². The highest BCUT2D eigenvalue weighted by Crippen LogP contribution is 2.21. The average molecular weight is 395 g/mol. The summed E-state index contributed by atoms with van der Waals surface area (Å²) in [6.07, 6.45) is 6.23. The van der Waals surface area contributed by atoms with Crippen LogP contribution in [0.4, 0.5) is 5.69 Å². The molecule has 0 saturated carbocycles. The molecule has 29 heavy (non-hydrogen) atoms. The maximum Gasteiger partial charge on any atom is 0.222 e. The van der Waals surface area contributed by atoms with E-state index in [9.17, 15) is 4.79 Å². The van der Waals surface area contributed by atoms with E-state index < -0.39 is 0 Å². The van der Waals surface area contributed by atoms with Crippen LogP contribution < -0.4 is 9.64 Å². The number of nitrogens with zero attached hydrogens (tertiary/aromatic N) is 2. The number of benzene rings is 2. The standard InChI is InChI=1S/C25H34N2O2/c1-21-9-8-10-24(19-21)29-18-7-4-11-25(28)26(2)20-22-12-14-23(15-13-22)27-16-5-3-6-17-27/h8-10,12-15,19H,3-7,11,16-18,20H2,1-2H3. The molecule has 1 amide bonds. The summed E-state index contributed by atoms with van der Waals surface area (Å²) in [7, 11) is 1.89. The average Bonchev–Trinajstić information content (AvgIpc) is 2.74. The van der Waals surface area contributed by atoms with Crippen molar-refractivity contribution < 1.29 is 9.53 Å². The lowest BCUT2D eigenvalue weighted by Gasteiger charge is -2.29. The van der Waals surface area contributed by atoms with Gasteiger partial charge in [0.05, 0.1) is 6.61 Å². The maximum absolute atomic E-state index is 12.4. The molecule has 156 valence electrons. The lowest BCUT2D eigenvalue weighted by atomic mass is 10.1. The summed E-state index contributed by atoms with van der Waals surface area (Å²) in [4.78, 5) is 16.7. The van der Waals surface area contributed by atoms with E-state index in [2.05, 4.69) is 42.2 Å². The third-order valence-electron chi connectivity index (χ3n) is 5.55. The lowest BCUT2D eigenvalue weighted by molar-refractivity contribution is -0.130. The quantitative estimate of drug-likeness (QED) is 0.549. The predicted octanol–water partition coefficient (Wildman–Crippen LogP) is 5.19. The van der Waals surface area contributed by atoms with E-state index in [1.807, 2.05) is 30.1 Å². The second-order valence-electron chi connectivity index (χ2n) is 8.09. The largest absolute Gasteiger partial charge is 0.494 e. The molecule has 1 saturated heterocycles. The molecule has 0 spiro atoms. The Balaban J connectivity index is 1.35. The molecule has 1 aliphatic rings. The van der Waals surface area contributed by atoms with Gasteiger partial charge in [-0.3, -0.25) is 4.79 Å². The minimum Gasteiger partial charge on any atom is -0.494 e. The first kappa shape index (κ1) is 21.2. The maximum atomic E-state index is 12.4. The smallest absolute Gasteiger partial charge is 0.222 e. The monoisotopic (exact) mass is 394 g/mol. The Morgan fingerprint density at radius 2 is 1.79 bits per heavy atom. The molecular weight excluding hydrogens is 360 g/mol. The van der Waals surface area contributed by atoms with E-state index in [1.54, 1.807) is 0 Å². The van der Waals surface area contributed by atoms with Crippen molar-refractivity contribution >= 4 is 11.6 Å². The molecule has 1 aliphatic heterocycles. The molecule has 0 aromatic heterocycles. The van der Waals surface area contributed by atoms with Gasteiger partial charge in [0.15, 0.2) is 0 Å². The number of rotatable bonds is 9. The molecule has 0 aliphatic carbocycles. The van der Waals surface area contributed by atoms with Crippen molar-refractivity contribution in [1.82, 2.24) is 4.90 Å². The fourth-order valence-corrected chi connectivity index (χ4v) is 3.79. The van der Waals surface area contributed by atoms with E-state index in [0.29, 0.717) is 19.6 Å². The second kappa shape index (κ2) is 10.9. The summed E-state index contributed by atoms with van der Waals surface area (Å²) in [5.41, 5.74) is 3.68. The fraction of sp³-hybridized carbons (Fsp3) is 0.480. The van der Waals surface area contributed by atoms with E-state index in [-0.39, 0.29) is 5.91 Å². The van der Waals surface area contributed by atoms with Crippen molar-refractivity contribution in [3.05, 3.63) is 59.7 Å².